The molecule has 1 unspecified atom stereocenters. The molecule has 0 spiro atoms. The largest absolute Gasteiger partial charge is 0.326 e. The van der Waals surface area contributed by atoms with Crippen LogP contribution >= 0.6 is 0 Å². The molecule has 0 bridgehead atoms. The summed E-state index contributed by atoms with van der Waals surface area (Å²) in [7, 11) is 2.18. The maximum absolute atomic E-state index is 6.18. The van der Waals surface area contributed by atoms with Gasteiger partial charge in [-0.15, -0.1) is 0 Å². The van der Waals surface area contributed by atoms with Crippen LogP contribution in [0.1, 0.15) is 33.6 Å². The van der Waals surface area contributed by atoms with Crippen molar-refractivity contribution in [2.75, 3.05) is 39.8 Å². The van der Waals surface area contributed by atoms with Gasteiger partial charge in [0.2, 0.25) is 0 Å². The first-order valence-corrected chi connectivity index (χ1v) is 6.56. The van der Waals surface area contributed by atoms with Crippen molar-refractivity contribution in [2.45, 2.75) is 39.7 Å². The van der Waals surface area contributed by atoms with Crippen molar-refractivity contribution in [1.82, 2.24) is 9.80 Å². The zero-order chi connectivity index (χ0) is 12.2. The van der Waals surface area contributed by atoms with Crippen molar-refractivity contribution in [3.8, 4) is 0 Å². The molecule has 1 aliphatic heterocycles. The van der Waals surface area contributed by atoms with Crippen LogP contribution in [0.25, 0.3) is 0 Å². The Balaban J connectivity index is 2.17. The molecule has 0 aromatic carbocycles. The maximum atomic E-state index is 6.18. The normalized spacial score (nSPS) is 20.6. The topological polar surface area (TPSA) is 32.5 Å². The van der Waals surface area contributed by atoms with Crippen molar-refractivity contribution in [2.24, 2.45) is 11.1 Å². The summed E-state index contributed by atoms with van der Waals surface area (Å²) < 4.78 is 0. The third-order valence-corrected chi connectivity index (χ3v) is 3.62. The van der Waals surface area contributed by atoms with Crippen LogP contribution in [0.2, 0.25) is 0 Å². The fraction of sp³-hybridized carbons (Fsp3) is 1.00. The Labute approximate surface area is 101 Å². The average molecular weight is 227 g/mol. The van der Waals surface area contributed by atoms with E-state index in [2.05, 4.69) is 37.6 Å². The Kier molecular flexibility index (Phi) is 5.22. The molecule has 0 aromatic rings. The molecule has 1 saturated heterocycles. The van der Waals surface area contributed by atoms with E-state index in [0.717, 1.165) is 13.1 Å². The summed E-state index contributed by atoms with van der Waals surface area (Å²) >= 11 is 0. The standard InChI is InChI=1S/C13H29N3/c1-13(2,3)12(14)11-15(4)9-10-16-7-5-6-8-16/h12H,5-11,14H2,1-4H3. The molecule has 1 fully saturated rings. The molecule has 0 aromatic heterocycles. The monoisotopic (exact) mass is 227 g/mol. The van der Waals surface area contributed by atoms with Gasteiger partial charge in [0, 0.05) is 25.7 Å². The minimum atomic E-state index is 0.210. The molecule has 3 heteroatoms. The quantitative estimate of drug-likeness (QED) is 0.770. The van der Waals surface area contributed by atoms with Gasteiger partial charge in [0.15, 0.2) is 0 Å². The molecule has 0 saturated carbocycles. The first kappa shape index (κ1) is 13.9. The van der Waals surface area contributed by atoms with Gasteiger partial charge in [0.25, 0.3) is 0 Å². The van der Waals surface area contributed by atoms with Gasteiger partial charge >= 0.3 is 0 Å². The number of hydrogen-bond donors (Lipinski definition) is 1. The Morgan fingerprint density at radius 1 is 1.25 bits per heavy atom. The van der Waals surface area contributed by atoms with E-state index in [1.54, 1.807) is 0 Å². The van der Waals surface area contributed by atoms with Crippen molar-refractivity contribution in [1.29, 1.82) is 0 Å². The van der Waals surface area contributed by atoms with Crippen LogP contribution in [0.15, 0.2) is 0 Å². The van der Waals surface area contributed by atoms with Gasteiger partial charge < -0.3 is 15.5 Å². The number of nitrogens with two attached hydrogens (primary N) is 1. The summed E-state index contributed by atoms with van der Waals surface area (Å²) in [5.74, 6) is 0. The lowest BCUT2D eigenvalue weighted by molar-refractivity contribution is 0.205. The Hall–Kier alpha value is -0.120. The predicted molar refractivity (Wildman–Crippen MR) is 70.6 cm³/mol. The van der Waals surface area contributed by atoms with Crippen LogP contribution in [0.3, 0.4) is 0 Å². The van der Waals surface area contributed by atoms with Gasteiger partial charge in [-0.3, -0.25) is 0 Å². The van der Waals surface area contributed by atoms with Crippen LogP contribution in [0, 0.1) is 5.41 Å². The van der Waals surface area contributed by atoms with E-state index in [1.807, 2.05) is 0 Å². The fourth-order valence-electron chi connectivity index (χ4n) is 2.02. The summed E-state index contributed by atoms with van der Waals surface area (Å²) in [5, 5.41) is 0. The summed E-state index contributed by atoms with van der Waals surface area (Å²) in [6.07, 6.45) is 2.76. The summed E-state index contributed by atoms with van der Waals surface area (Å²) in [5.41, 5.74) is 6.39. The first-order valence-electron chi connectivity index (χ1n) is 6.56. The van der Waals surface area contributed by atoms with Gasteiger partial charge in [-0.1, -0.05) is 20.8 Å². The molecule has 16 heavy (non-hydrogen) atoms. The van der Waals surface area contributed by atoms with Crippen LogP contribution in [-0.4, -0.2) is 55.6 Å². The Morgan fingerprint density at radius 3 is 2.31 bits per heavy atom. The summed E-state index contributed by atoms with van der Waals surface area (Å²) in [6, 6.07) is 0.260. The van der Waals surface area contributed by atoms with Crippen molar-refractivity contribution in [3.63, 3.8) is 0 Å². The van der Waals surface area contributed by atoms with Gasteiger partial charge in [-0.2, -0.15) is 0 Å². The number of rotatable bonds is 5. The highest BCUT2D eigenvalue weighted by Crippen LogP contribution is 2.17. The van der Waals surface area contributed by atoms with E-state index >= 15 is 0 Å². The van der Waals surface area contributed by atoms with Gasteiger partial charge in [-0.25, -0.2) is 0 Å². The minimum absolute atomic E-state index is 0.210. The van der Waals surface area contributed by atoms with Crippen LogP contribution < -0.4 is 5.73 Å². The van der Waals surface area contributed by atoms with Crippen LogP contribution in [0.5, 0.6) is 0 Å². The molecule has 1 atom stereocenters. The molecule has 1 heterocycles. The SMILES string of the molecule is CN(CCN1CCCC1)CC(N)C(C)(C)C. The number of hydrogen-bond acceptors (Lipinski definition) is 3. The summed E-state index contributed by atoms with van der Waals surface area (Å²) in [4.78, 5) is 4.92. The predicted octanol–water partition coefficient (Wildman–Crippen LogP) is 1.39. The smallest absolute Gasteiger partial charge is 0.0217 e. The Morgan fingerprint density at radius 2 is 1.81 bits per heavy atom. The van der Waals surface area contributed by atoms with Gasteiger partial charge in [0.05, 0.1) is 0 Å². The molecular formula is C13H29N3. The average Bonchev–Trinajstić information content (AvgIpc) is 2.65. The van der Waals surface area contributed by atoms with E-state index in [1.165, 1.54) is 32.5 Å². The molecule has 0 aliphatic carbocycles. The van der Waals surface area contributed by atoms with Crippen molar-refractivity contribution >= 4 is 0 Å². The Bertz CT molecular complexity index is 192. The fourth-order valence-corrected chi connectivity index (χ4v) is 2.02. The lowest BCUT2D eigenvalue weighted by Gasteiger charge is -2.31. The van der Waals surface area contributed by atoms with Crippen molar-refractivity contribution in [3.05, 3.63) is 0 Å². The van der Waals surface area contributed by atoms with E-state index in [-0.39, 0.29) is 11.5 Å². The second-order valence-corrected chi connectivity index (χ2v) is 6.28. The molecule has 96 valence electrons. The minimum Gasteiger partial charge on any atom is -0.326 e. The summed E-state index contributed by atoms with van der Waals surface area (Å²) in [6.45, 7) is 12.6. The molecule has 1 rings (SSSR count). The molecule has 0 amide bonds. The highest BCUT2D eigenvalue weighted by Gasteiger charge is 2.22. The van der Waals surface area contributed by atoms with Crippen molar-refractivity contribution < 1.29 is 0 Å². The van der Waals surface area contributed by atoms with Crippen LogP contribution in [-0.2, 0) is 0 Å². The highest BCUT2D eigenvalue weighted by atomic mass is 15.2. The molecule has 3 nitrogen and oxygen atoms in total. The molecular weight excluding hydrogens is 198 g/mol. The van der Waals surface area contributed by atoms with E-state index < -0.39 is 0 Å². The van der Waals surface area contributed by atoms with E-state index in [9.17, 15) is 0 Å². The zero-order valence-corrected chi connectivity index (χ0v) is 11.5. The maximum Gasteiger partial charge on any atom is 0.0217 e. The molecule has 1 aliphatic rings. The van der Waals surface area contributed by atoms with E-state index in [4.69, 9.17) is 5.73 Å². The zero-order valence-electron chi connectivity index (χ0n) is 11.5. The lowest BCUT2D eigenvalue weighted by Crippen LogP contribution is -2.45. The lowest BCUT2D eigenvalue weighted by atomic mass is 9.87. The van der Waals surface area contributed by atoms with E-state index in [0.29, 0.717) is 0 Å². The third kappa shape index (κ3) is 4.81. The second kappa shape index (κ2) is 5.99. The first-order chi connectivity index (χ1) is 7.39. The molecule has 2 N–H and O–H groups in total. The van der Waals surface area contributed by atoms with Gasteiger partial charge in [0.1, 0.15) is 0 Å². The third-order valence-electron chi connectivity index (χ3n) is 3.62. The molecule has 0 radical (unpaired) electrons. The number of likely N-dealkylation sites (N-methyl/N-ethyl adjacent to an activating group) is 1. The van der Waals surface area contributed by atoms with Crippen LogP contribution in [0.4, 0.5) is 0 Å². The highest BCUT2D eigenvalue weighted by molar-refractivity contribution is 4.79. The van der Waals surface area contributed by atoms with Gasteiger partial charge in [-0.05, 0) is 38.4 Å². The number of likely N-dealkylation sites (tertiary alicyclic amines) is 1. The number of nitrogens with zero attached hydrogens (tertiary/aromatic N) is 2. The second-order valence-electron chi connectivity index (χ2n) is 6.28.